The van der Waals surface area contributed by atoms with Gasteiger partial charge in [-0.15, -0.1) is 0 Å². The maximum atomic E-state index is 12.6. The van der Waals surface area contributed by atoms with Crippen LogP contribution < -0.4 is 0 Å². The summed E-state index contributed by atoms with van der Waals surface area (Å²) in [5, 5.41) is 1.44. The van der Waals surface area contributed by atoms with Crippen molar-refractivity contribution in [2.75, 3.05) is 13.2 Å². The second kappa shape index (κ2) is 7.66. The van der Waals surface area contributed by atoms with Crippen molar-refractivity contribution >= 4 is 12.0 Å². The predicted octanol–water partition coefficient (Wildman–Crippen LogP) is 2.73. The minimum absolute atomic E-state index is 0.0147. The Morgan fingerprint density at radius 3 is 2.79 bits per heavy atom. The molecule has 1 aromatic carbocycles. The molecule has 0 unspecified atom stereocenters. The fourth-order valence-corrected chi connectivity index (χ4v) is 3.17. The number of piperidine rings is 1. The molecule has 0 radical (unpaired) electrons. The number of carbonyl (C=O) groups is 2. The topological polar surface area (TPSA) is 59.1 Å². The molecular formula is C18H24N2O4. The normalized spacial score (nSPS) is 22.8. The minimum atomic E-state index is -0.476. The van der Waals surface area contributed by atoms with Gasteiger partial charge in [0, 0.05) is 6.54 Å². The molecule has 24 heavy (non-hydrogen) atoms. The Bertz CT molecular complexity index is 578. The number of benzene rings is 1. The van der Waals surface area contributed by atoms with Gasteiger partial charge in [-0.1, -0.05) is 43.7 Å². The van der Waals surface area contributed by atoms with Crippen molar-refractivity contribution in [2.24, 2.45) is 0 Å². The van der Waals surface area contributed by atoms with E-state index in [2.05, 4.69) is 0 Å². The van der Waals surface area contributed by atoms with Gasteiger partial charge in [-0.2, -0.15) is 5.06 Å². The molecule has 1 aromatic rings. The molecule has 2 heterocycles. The SMILES string of the molecule is CCCCOC(=O)[C@H]1CC[C@H]2CN1C(=O)N2OCc1ccccc1. The number of hydrogen-bond donors (Lipinski definition) is 0. The van der Waals surface area contributed by atoms with Gasteiger partial charge in [-0.25, -0.2) is 9.59 Å². The van der Waals surface area contributed by atoms with E-state index in [0.29, 0.717) is 26.2 Å². The Morgan fingerprint density at radius 1 is 1.25 bits per heavy atom. The molecular weight excluding hydrogens is 308 g/mol. The van der Waals surface area contributed by atoms with E-state index in [1.54, 1.807) is 4.90 Å². The first kappa shape index (κ1) is 16.8. The van der Waals surface area contributed by atoms with E-state index < -0.39 is 6.04 Å². The minimum Gasteiger partial charge on any atom is -0.464 e. The summed E-state index contributed by atoms with van der Waals surface area (Å²) in [5.74, 6) is -0.292. The van der Waals surface area contributed by atoms with E-state index in [9.17, 15) is 9.59 Å². The highest BCUT2D eigenvalue weighted by Crippen LogP contribution is 2.31. The zero-order valence-electron chi connectivity index (χ0n) is 14.0. The average Bonchev–Trinajstić information content (AvgIpc) is 2.85. The molecule has 2 fully saturated rings. The largest absolute Gasteiger partial charge is 0.464 e. The van der Waals surface area contributed by atoms with Crippen molar-refractivity contribution < 1.29 is 19.2 Å². The molecule has 6 heteroatoms. The summed E-state index contributed by atoms with van der Waals surface area (Å²) in [4.78, 5) is 32.1. The third kappa shape index (κ3) is 3.53. The first-order valence-corrected chi connectivity index (χ1v) is 8.64. The Balaban J connectivity index is 1.57. The number of nitrogens with zero attached hydrogens (tertiary/aromatic N) is 2. The molecule has 2 bridgehead atoms. The van der Waals surface area contributed by atoms with Gasteiger partial charge in [0.25, 0.3) is 0 Å². The van der Waals surface area contributed by atoms with Gasteiger partial charge in [0.15, 0.2) is 0 Å². The van der Waals surface area contributed by atoms with Gasteiger partial charge in [-0.05, 0) is 24.8 Å². The number of esters is 1. The second-order valence-corrected chi connectivity index (χ2v) is 6.29. The van der Waals surface area contributed by atoms with Crippen LogP contribution in [0.15, 0.2) is 30.3 Å². The van der Waals surface area contributed by atoms with Crippen molar-refractivity contribution in [2.45, 2.75) is 51.3 Å². The van der Waals surface area contributed by atoms with Crippen LogP contribution in [0.2, 0.25) is 0 Å². The quantitative estimate of drug-likeness (QED) is 0.569. The van der Waals surface area contributed by atoms with Crippen LogP contribution in [0.5, 0.6) is 0 Å². The van der Waals surface area contributed by atoms with Gasteiger partial charge >= 0.3 is 12.0 Å². The summed E-state index contributed by atoms with van der Waals surface area (Å²) in [6.07, 6.45) is 3.21. The third-order valence-corrected chi connectivity index (χ3v) is 4.55. The van der Waals surface area contributed by atoms with Crippen LogP contribution in [0.4, 0.5) is 4.79 Å². The fourth-order valence-electron chi connectivity index (χ4n) is 3.17. The second-order valence-electron chi connectivity index (χ2n) is 6.29. The molecule has 2 atom stereocenters. The van der Waals surface area contributed by atoms with Crippen molar-refractivity contribution in [3.63, 3.8) is 0 Å². The van der Waals surface area contributed by atoms with E-state index in [1.165, 1.54) is 5.06 Å². The van der Waals surface area contributed by atoms with Crippen LogP contribution in [-0.2, 0) is 21.0 Å². The van der Waals surface area contributed by atoms with Crippen molar-refractivity contribution in [1.82, 2.24) is 9.96 Å². The lowest BCUT2D eigenvalue weighted by Gasteiger charge is -2.28. The maximum absolute atomic E-state index is 12.6. The molecule has 130 valence electrons. The number of amides is 2. The molecule has 2 saturated heterocycles. The fraction of sp³-hybridized carbons (Fsp3) is 0.556. The Labute approximate surface area is 142 Å². The number of rotatable bonds is 7. The Hall–Kier alpha value is -2.08. The average molecular weight is 332 g/mol. The molecule has 3 rings (SSSR count). The molecule has 0 N–H and O–H groups in total. The van der Waals surface area contributed by atoms with Gasteiger partial charge in [0.1, 0.15) is 12.6 Å². The first-order valence-electron chi connectivity index (χ1n) is 8.64. The van der Waals surface area contributed by atoms with Gasteiger partial charge in [-0.3, -0.25) is 4.84 Å². The van der Waals surface area contributed by atoms with Crippen LogP contribution in [0, 0.1) is 0 Å². The summed E-state index contributed by atoms with van der Waals surface area (Å²) in [7, 11) is 0. The van der Waals surface area contributed by atoms with E-state index >= 15 is 0 Å². The summed E-state index contributed by atoms with van der Waals surface area (Å²) in [5.41, 5.74) is 1.01. The van der Waals surface area contributed by atoms with Gasteiger partial charge in [0.2, 0.25) is 0 Å². The molecule has 0 saturated carbocycles. The standard InChI is InChI=1S/C18H24N2O4/c1-2-3-11-23-17(21)16-10-9-15-12-19(16)18(22)20(15)24-13-14-7-5-4-6-8-14/h4-8,15-16H,2-3,9-13H2,1H3/t15-,16+/m0/s1. The number of hydroxylamine groups is 2. The lowest BCUT2D eigenvalue weighted by Crippen LogP contribution is -2.45. The molecule has 0 aliphatic carbocycles. The van der Waals surface area contributed by atoms with E-state index in [0.717, 1.165) is 24.8 Å². The summed E-state index contributed by atoms with van der Waals surface area (Å²) in [6.45, 7) is 3.35. The molecule has 2 aliphatic heterocycles. The highest BCUT2D eigenvalue weighted by Gasteiger charge is 2.48. The zero-order valence-corrected chi connectivity index (χ0v) is 14.0. The van der Waals surface area contributed by atoms with E-state index in [4.69, 9.17) is 9.57 Å². The smallest absolute Gasteiger partial charge is 0.345 e. The number of hydrogen-bond acceptors (Lipinski definition) is 4. The van der Waals surface area contributed by atoms with Gasteiger partial charge < -0.3 is 9.64 Å². The number of carbonyl (C=O) groups excluding carboxylic acids is 2. The monoisotopic (exact) mass is 332 g/mol. The molecule has 2 aliphatic rings. The predicted molar refractivity (Wildman–Crippen MR) is 87.8 cm³/mol. The lowest BCUT2D eigenvalue weighted by atomic mass is 10.0. The van der Waals surface area contributed by atoms with Crippen molar-refractivity contribution in [3.8, 4) is 0 Å². The van der Waals surface area contributed by atoms with Crippen LogP contribution >= 0.6 is 0 Å². The molecule has 6 nitrogen and oxygen atoms in total. The number of fused-ring (bicyclic) bond motifs is 2. The highest BCUT2D eigenvalue weighted by atomic mass is 16.7. The van der Waals surface area contributed by atoms with Crippen LogP contribution in [0.25, 0.3) is 0 Å². The van der Waals surface area contributed by atoms with Crippen LogP contribution in [0.3, 0.4) is 0 Å². The van der Waals surface area contributed by atoms with Crippen molar-refractivity contribution in [3.05, 3.63) is 35.9 Å². The highest BCUT2D eigenvalue weighted by molar-refractivity contribution is 5.85. The van der Waals surface area contributed by atoms with Gasteiger partial charge in [0.05, 0.1) is 12.6 Å². The Morgan fingerprint density at radius 2 is 2.04 bits per heavy atom. The van der Waals surface area contributed by atoms with Crippen LogP contribution in [0.1, 0.15) is 38.2 Å². The molecule has 2 amide bonds. The van der Waals surface area contributed by atoms with E-state index in [1.807, 2.05) is 37.3 Å². The summed E-state index contributed by atoms with van der Waals surface area (Å²) >= 11 is 0. The summed E-state index contributed by atoms with van der Waals surface area (Å²) in [6, 6.07) is 9.05. The number of ether oxygens (including phenoxy) is 1. The first-order chi connectivity index (χ1) is 11.7. The Kier molecular flexibility index (Phi) is 5.35. The zero-order chi connectivity index (χ0) is 16.9. The van der Waals surface area contributed by atoms with Crippen LogP contribution in [-0.4, -0.2) is 47.2 Å². The third-order valence-electron chi connectivity index (χ3n) is 4.55. The summed E-state index contributed by atoms with van der Waals surface area (Å²) < 4.78 is 5.29. The molecule has 0 spiro atoms. The van der Waals surface area contributed by atoms with E-state index in [-0.39, 0.29) is 18.0 Å². The lowest BCUT2D eigenvalue weighted by molar-refractivity contribution is -0.149. The number of urea groups is 1. The molecule has 0 aromatic heterocycles. The maximum Gasteiger partial charge on any atom is 0.345 e. The number of unbranched alkanes of at least 4 members (excludes halogenated alkanes) is 1. The van der Waals surface area contributed by atoms with Crippen molar-refractivity contribution in [1.29, 1.82) is 0 Å².